The second-order valence-corrected chi connectivity index (χ2v) is 5.77. The van der Waals surface area contributed by atoms with E-state index in [2.05, 4.69) is 15.3 Å². The van der Waals surface area contributed by atoms with E-state index in [1.165, 1.54) is 11.8 Å². The van der Waals surface area contributed by atoms with Gasteiger partial charge in [-0.1, -0.05) is 48.2 Å². The second-order valence-electron chi connectivity index (χ2n) is 4.70. The van der Waals surface area contributed by atoms with Gasteiger partial charge in [-0.25, -0.2) is 9.97 Å². The van der Waals surface area contributed by atoms with E-state index in [1.54, 1.807) is 18.5 Å². The summed E-state index contributed by atoms with van der Waals surface area (Å²) in [5, 5.41) is 5.84. The molecule has 0 bridgehead atoms. The largest absolute Gasteiger partial charge is 0.325 e. The Hall–Kier alpha value is -2.40. The Morgan fingerprint density at radius 3 is 2.64 bits per heavy atom. The van der Waals surface area contributed by atoms with E-state index in [9.17, 15) is 4.79 Å². The number of nitrogens with one attached hydrogen (secondary N) is 1. The molecule has 5 heteroatoms. The number of rotatable bonds is 5. The summed E-state index contributed by atoms with van der Waals surface area (Å²) in [7, 11) is 0. The minimum atomic E-state index is -0.000200. The van der Waals surface area contributed by atoms with Gasteiger partial charge in [0, 0.05) is 35.6 Å². The molecule has 0 radical (unpaired) electrons. The summed E-state index contributed by atoms with van der Waals surface area (Å²) in [5.74, 6) is 0.653. The van der Waals surface area contributed by atoms with Crippen molar-refractivity contribution in [1.29, 1.82) is 0 Å². The third-order valence-electron chi connectivity index (χ3n) is 3.17. The van der Waals surface area contributed by atoms with Crippen LogP contribution in [0, 0.1) is 0 Å². The van der Waals surface area contributed by atoms with Crippen LogP contribution in [-0.4, -0.2) is 21.6 Å². The molecular formula is C17H15N3OS. The fraction of sp³-hybridized carbons (Fsp3) is 0.118. The van der Waals surface area contributed by atoms with Crippen LogP contribution >= 0.6 is 11.8 Å². The summed E-state index contributed by atoms with van der Waals surface area (Å²) in [6, 6.07) is 15.7. The fourth-order valence-corrected chi connectivity index (χ4v) is 2.88. The molecule has 0 aliphatic carbocycles. The quantitative estimate of drug-likeness (QED) is 0.576. The molecule has 22 heavy (non-hydrogen) atoms. The van der Waals surface area contributed by atoms with E-state index < -0.39 is 0 Å². The molecule has 0 unspecified atom stereocenters. The van der Waals surface area contributed by atoms with Crippen molar-refractivity contribution in [3.05, 3.63) is 60.9 Å². The summed E-state index contributed by atoms with van der Waals surface area (Å²) in [5.41, 5.74) is 0.851. The van der Waals surface area contributed by atoms with E-state index in [-0.39, 0.29) is 5.91 Å². The fourth-order valence-electron chi connectivity index (χ4n) is 2.14. The molecule has 0 saturated carbocycles. The normalized spacial score (nSPS) is 10.5. The van der Waals surface area contributed by atoms with Gasteiger partial charge in [0.15, 0.2) is 5.16 Å². The van der Waals surface area contributed by atoms with Gasteiger partial charge in [0.1, 0.15) is 0 Å². The number of aromatic nitrogens is 2. The molecule has 4 nitrogen and oxygen atoms in total. The van der Waals surface area contributed by atoms with Crippen molar-refractivity contribution in [2.75, 3.05) is 11.1 Å². The minimum absolute atomic E-state index is 0.000200. The molecule has 3 aromatic rings. The average molecular weight is 309 g/mol. The smallest absolute Gasteiger partial charge is 0.225 e. The van der Waals surface area contributed by atoms with Gasteiger partial charge >= 0.3 is 0 Å². The second kappa shape index (κ2) is 7.04. The van der Waals surface area contributed by atoms with Crippen molar-refractivity contribution in [1.82, 2.24) is 9.97 Å². The molecule has 0 atom stereocenters. The molecule has 3 rings (SSSR count). The van der Waals surface area contributed by atoms with Gasteiger partial charge in [-0.2, -0.15) is 0 Å². The predicted molar refractivity (Wildman–Crippen MR) is 90.0 cm³/mol. The van der Waals surface area contributed by atoms with Crippen LogP contribution in [0.25, 0.3) is 10.8 Å². The van der Waals surface area contributed by atoms with Crippen molar-refractivity contribution in [2.45, 2.75) is 11.6 Å². The van der Waals surface area contributed by atoms with E-state index in [0.29, 0.717) is 17.3 Å². The van der Waals surface area contributed by atoms with Crippen LogP contribution in [0.5, 0.6) is 0 Å². The highest BCUT2D eigenvalue weighted by Crippen LogP contribution is 2.23. The number of anilines is 1. The van der Waals surface area contributed by atoms with E-state index in [0.717, 1.165) is 16.5 Å². The standard InChI is InChI=1S/C17H15N3OS/c21-16(9-12-22-17-18-10-4-11-19-17)20-15-8-3-6-13-5-1-2-7-14(13)15/h1-8,10-11H,9,12H2,(H,20,21). The van der Waals surface area contributed by atoms with Crippen molar-refractivity contribution in [2.24, 2.45) is 0 Å². The number of hydrogen-bond acceptors (Lipinski definition) is 4. The molecule has 0 fully saturated rings. The Labute approximate surface area is 133 Å². The molecule has 1 aromatic heterocycles. The van der Waals surface area contributed by atoms with Crippen molar-refractivity contribution < 1.29 is 4.79 Å². The van der Waals surface area contributed by atoms with Crippen LogP contribution in [0.15, 0.2) is 66.1 Å². The lowest BCUT2D eigenvalue weighted by Crippen LogP contribution is -2.12. The number of nitrogens with zero attached hydrogens (tertiary/aromatic N) is 2. The van der Waals surface area contributed by atoms with E-state index in [1.807, 2.05) is 42.5 Å². The first-order valence-corrected chi connectivity index (χ1v) is 7.99. The maximum Gasteiger partial charge on any atom is 0.225 e. The number of thioether (sulfide) groups is 1. The molecule has 2 aromatic carbocycles. The molecule has 0 spiro atoms. The molecule has 0 aliphatic heterocycles. The van der Waals surface area contributed by atoms with E-state index in [4.69, 9.17) is 0 Å². The third kappa shape index (κ3) is 3.62. The maximum absolute atomic E-state index is 12.1. The Kier molecular flexibility index (Phi) is 4.65. The number of carbonyl (C=O) groups is 1. The Balaban J connectivity index is 1.59. The topological polar surface area (TPSA) is 54.9 Å². The van der Waals surface area contributed by atoms with Gasteiger partial charge < -0.3 is 5.32 Å². The monoisotopic (exact) mass is 309 g/mol. The highest BCUT2D eigenvalue weighted by Gasteiger charge is 2.06. The predicted octanol–water partition coefficient (Wildman–Crippen LogP) is 3.75. The summed E-state index contributed by atoms with van der Waals surface area (Å²) in [6.07, 6.45) is 3.82. The van der Waals surface area contributed by atoms with Gasteiger partial charge in [0.25, 0.3) is 0 Å². The number of amides is 1. The number of hydrogen-bond donors (Lipinski definition) is 1. The van der Waals surface area contributed by atoms with Gasteiger partial charge in [-0.05, 0) is 17.5 Å². The van der Waals surface area contributed by atoms with Gasteiger partial charge in [0.05, 0.1) is 0 Å². The SMILES string of the molecule is O=C(CCSc1ncccn1)Nc1cccc2ccccc12. The van der Waals surface area contributed by atoms with Gasteiger partial charge in [-0.15, -0.1) is 0 Å². The van der Waals surface area contributed by atoms with Crippen molar-refractivity contribution in [3.8, 4) is 0 Å². The molecule has 110 valence electrons. The lowest BCUT2D eigenvalue weighted by atomic mass is 10.1. The van der Waals surface area contributed by atoms with Crippen LogP contribution < -0.4 is 5.32 Å². The first kappa shape index (κ1) is 14.5. The first-order valence-electron chi connectivity index (χ1n) is 7.00. The molecule has 0 saturated heterocycles. The number of benzene rings is 2. The summed E-state index contributed by atoms with van der Waals surface area (Å²) < 4.78 is 0. The zero-order valence-corrected chi connectivity index (χ0v) is 12.7. The summed E-state index contributed by atoms with van der Waals surface area (Å²) >= 11 is 1.48. The molecule has 0 aliphatic rings. The Morgan fingerprint density at radius 1 is 1.00 bits per heavy atom. The van der Waals surface area contributed by atoms with Crippen molar-refractivity contribution >= 4 is 34.1 Å². The van der Waals surface area contributed by atoms with Crippen LogP contribution in [0.4, 0.5) is 5.69 Å². The summed E-state index contributed by atoms with van der Waals surface area (Å²) in [6.45, 7) is 0. The number of carbonyl (C=O) groups excluding carboxylic acids is 1. The number of fused-ring (bicyclic) bond motifs is 1. The zero-order chi connectivity index (χ0) is 15.2. The lowest BCUT2D eigenvalue weighted by molar-refractivity contribution is -0.115. The van der Waals surface area contributed by atoms with Gasteiger partial charge in [-0.3, -0.25) is 4.79 Å². The van der Waals surface area contributed by atoms with Crippen LogP contribution in [0.1, 0.15) is 6.42 Å². The molecule has 1 amide bonds. The molecule has 1 N–H and O–H groups in total. The molecular weight excluding hydrogens is 294 g/mol. The Bertz CT molecular complexity index is 772. The van der Waals surface area contributed by atoms with Crippen LogP contribution in [0.3, 0.4) is 0 Å². The lowest BCUT2D eigenvalue weighted by Gasteiger charge is -2.08. The first-order chi connectivity index (χ1) is 10.8. The van der Waals surface area contributed by atoms with Crippen LogP contribution in [-0.2, 0) is 4.79 Å². The summed E-state index contributed by atoms with van der Waals surface area (Å²) in [4.78, 5) is 20.3. The highest BCUT2D eigenvalue weighted by atomic mass is 32.2. The van der Waals surface area contributed by atoms with Crippen LogP contribution in [0.2, 0.25) is 0 Å². The zero-order valence-electron chi connectivity index (χ0n) is 11.9. The van der Waals surface area contributed by atoms with Gasteiger partial charge in [0.2, 0.25) is 5.91 Å². The minimum Gasteiger partial charge on any atom is -0.325 e. The third-order valence-corrected chi connectivity index (χ3v) is 4.04. The van der Waals surface area contributed by atoms with Crippen molar-refractivity contribution in [3.63, 3.8) is 0 Å². The Morgan fingerprint density at radius 2 is 1.77 bits per heavy atom. The molecule has 1 heterocycles. The average Bonchev–Trinajstić information content (AvgIpc) is 2.56. The highest BCUT2D eigenvalue weighted by molar-refractivity contribution is 7.99. The maximum atomic E-state index is 12.1. The van der Waals surface area contributed by atoms with E-state index >= 15 is 0 Å².